The summed E-state index contributed by atoms with van der Waals surface area (Å²) < 4.78 is 6.23. The zero-order valence-corrected chi connectivity index (χ0v) is 11.7. The van der Waals surface area contributed by atoms with Crippen molar-refractivity contribution in [1.82, 2.24) is 9.97 Å². The second kappa shape index (κ2) is 5.49. The highest BCUT2D eigenvalue weighted by Gasteiger charge is 2.09. The van der Waals surface area contributed by atoms with E-state index in [0.717, 1.165) is 3.57 Å². The van der Waals surface area contributed by atoms with Gasteiger partial charge in [-0.1, -0.05) is 11.6 Å². The first-order valence-corrected chi connectivity index (χ1v) is 6.20. The molecule has 0 saturated heterocycles. The smallest absolute Gasteiger partial charge is 0.335 e. The van der Waals surface area contributed by atoms with Gasteiger partial charge in [0.05, 0.1) is 10.6 Å². The van der Waals surface area contributed by atoms with Gasteiger partial charge in [0.15, 0.2) is 0 Å². The van der Waals surface area contributed by atoms with Gasteiger partial charge < -0.3 is 9.84 Å². The van der Waals surface area contributed by atoms with Gasteiger partial charge >= 0.3 is 12.0 Å². The van der Waals surface area contributed by atoms with E-state index in [2.05, 4.69) is 32.6 Å². The average molecular weight is 377 g/mol. The molecule has 0 saturated carbocycles. The van der Waals surface area contributed by atoms with E-state index in [0.29, 0.717) is 5.75 Å². The maximum absolute atomic E-state index is 10.7. The highest BCUT2D eigenvalue weighted by Crippen LogP contribution is 2.28. The summed E-state index contributed by atoms with van der Waals surface area (Å²) in [7, 11) is 0. The summed E-state index contributed by atoms with van der Waals surface area (Å²) in [6.07, 6.45) is 3.20. The Bertz CT molecular complexity index is 589. The third-order valence-electron chi connectivity index (χ3n) is 1.98. The number of aromatic nitrogens is 2. The van der Waals surface area contributed by atoms with Crippen LogP contribution in [0.5, 0.6) is 11.8 Å². The monoisotopic (exact) mass is 376 g/mol. The number of nitrogens with zero attached hydrogens (tertiary/aromatic N) is 2. The summed E-state index contributed by atoms with van der Waals surface area (Å²) in [5, 5.41) is 8.99. The molecule has 1 aromatic carbocycles. The second-order valence-electron chi connectivity index (χ2n) is 3.24. The van der Waals surface area contributed by atoms with Crippen molar-refractivity contribution < 1.29 is 14.6 Å². The fourth-order valence-corrected chi connectivity index (χ4v) is 1.67. The molecule has 0 atom stereocenters. The predicted octanol–water partition coefficient (Wildman–Crippen LogP) is 3.23. The molecule has 0 aliphatic carbocycles. The molecule has 0 unspecified atom stereocenters. The molecule has 18 heavy (non-hydrogen) atoms. The van der Waals surface area contributed by atoms with Crippen molar-refractivity contribution in [3.63, 3.8) is 0 Å². The lowest BCUT2D eigenvalue weighted by atomic mass is 10.2. The lowest BCUT2D eigenvalue weighted by molar-refractivity contribution is 0.0697. The van der Waals surface area contributed by atoms with Gasteiger partial charge in [0.1, 0.15) is 5.75 Å². The lowest BCUT2D eigenvalue weighted by Gasteiger charge is -2.06. The Hall–Kier alpha value is -1.41. The fraction of sp³-hybridized carbons (Fsp3) is 0. The van der Waals surface area contributed by atoms with Gasteiger partial charge in [-0.3, -0.25) is 0 Å². The molecule has 2 aromatic rings. The zero-order valence-electron chi connectivity index (χ0n) is 8.80. The molecule has 1 aromatic heterocycles. The molecule has 92 valence electrons. The Morgan fingerprint density at radius 1 is 1.33 bits per heavy atom. The van der Waals surface area contributed by atoms with Gasteiger partial charge in [-0.2, -0.15) is 0 Å². The molecule has 0 spiro atoms. The minimum absolute atomic E-state index is 0.0934. The number of halogens is 2. The van der Waals surface area contributed by atoms with Gasteiger partial charge in [0.25, 0.3) is 0 Å². The molecule has 1 N–H and O–H groups in total. The van der Waals surface area contributed by atoms with E-state index >= 15 is 0 Å². The Balaban J connectivity index is 2.24. The molecular formula is C11H6ClIN2O3. The van der Waals surface area contributed by atoms with Crippen LogP contribution in [0.25, 0.3) is 0 Å². The van der Waals surface area contributed by atoms with Crippen molar-refractivity contribution in [3.05, 3.63) is 44.7 Å². The van der Waals surface area contributed by atoms with Crippen LogP contribution in [0.4, 0.5) is 0 Å². The maximum atomic E-state index is 10.7. The molecular weight excluding hydrogens is 370 g/mol. The molecule has 0 radical (unpaired) electrons. The number of aromatic carboxylic acids is 1. The van der Waals surface area contributed by atoms with Crippen molar-refractivity contribution in [1.29, 1.82) is 0 Å². The molecule has 0 amide bonds. The van der Waals surface area contributed by atoms with E-state index in [4.69, 9.17) is 21.4 Å². The highest BCUT2D eigenvalue weighted by molar-refractivity contribution is 14.1. The van der Waals surface area contributed by atoms with Crippen LogP contribution in [0.3, 0.4) is 0 Å². The van der Waals surface area contributed by atoms with E-state index in [1.807, 2.05) is 0 Å². The first kappa shape index (κ1) is 13.0. The molecule has 7 heteroatoms. The van der Waals surface area contributed by atoms with E-state index in [9.17, 15) is 4.79 Å². The fourth-order valence-electron chi connectivity index (χ4n) is 1.17. The van der Waals surface area contributed by atoms with Crippen molar-refractivity contribution in [2.45, 2.75) is 0 Å². The Labute approximate surface area is 121 Å². The number of ether oxygens (including phenoxy) is 1. The number of rotatable bonds is 3. The van der Waals surface area contributed by atoms with Crippen LogP contribution in [-0.2, 0) is 0 Å². The first-order valence-electron chi connectivity index (χ1n) is 4.74. The average Bonchev–Trinajstić information content (AvgIpc) is 2.34. The van der Waals surface area contributed by atoms with Crippen molar-refractivity contribution in [3.8, 4) is 11.8 Å². The van der Waals surface area contributed by atoms with E-state index in [1.54, 1.807) is 12.4 Å². The van der Waals surface area contributed by atoms with Crippen LogP contribution in [-0.4, -0.2) is 21.0 Å². The van der Waals surface area contributed by atoms with Gasteiger partial charge in [-0.05, 0) is 40.8 Å². The van der Waals surface area contributed by atoms with Crippen LogP contribution in [0.1, 0.15) is 10.4 Å². The number of benzene rings is 1. The van der Waals surface area contributed by atoms with Crippen LogP contribution >= 0.6 is 34.2 Å². The molecule has 0 bridgehead atoms. The Morgan fingerprint density at radius 3 is 2.56 bits per heavy atom. The van der Waals surface area contributed by atoms with Crippen LogP contribution < -0.4 is 4.74 Å². The first-order chi connectivity index (χ1) is 8.56. The third kappa shape index (κ3) is 3.08. The van der Waals surface area contributed by atoms with Gasteiger partial charge in [0, 0.05) is 16.0 Å². The summed E-state index contributed by atoms with van der Waals surface area (Å²) in [5.74, 6) is -0.739. The van der Waals surface area contributed by atoms with Gasteiger partial charge in [-0.15, -0.1) is 0 Å². The largest absolute Gasteiger partial charge is 0.478 e. The molecule has 2 rings (SSSR count). The lowest BCUT2D eigenvalue weighted by Crippen LogP contribution is -1.97. The normalized spacial score (nSPS) is 10.1. The summed E-state index contributed by atoms with van der Waals surface area (Å²) in [5.41, 5.74) is 0.0934. The van der Waals surface area contributed by atoms with Crippen molar-refractivity contribution in [2.75, 3.05) is 0 Å². The summed E-state index contributed by atoms with van der Waals surface area (Å²) in [6, 6.07) is 4.33. The molecule has 0 aliphatic rings. The van der Waals surface area contributed by atoms with Crippen molar-refractivity contribution >= 4 is 40.2 Å². The van der Waals surface area contributed by atoms with E-state index in [-0.39, 0.29) is 16.6 Å². The third-order valence-corrected chi connectivity index (χ3v) is 2.83. The number of hydrogen-bond acceptors (Lipinski definition) is 4. The summed E-state index contributed by atoms with van der Waals surface area (Å²) in [4.78, 5) is 18.6. The standard InChI is InChI=1S/C11H6ClIN2O3/c12-8-3-6(10(16)17)1-2-9(8)18-11-14-4-7(13)5-15-11/h1-5H,(H,16,17). The van der Waals surface area contributed by atoms with E-state index in [1.165, 1.54) is 18.2 Å². The zero-order chi connectivity index (χ0) is 13.1. The van der Waals surface area contributed by atoms with Crippen LogP contribution in [0.2, 0.25) is 5.02 Å². The van der Waals surface area contributed by atoms with Gasteiger partial charge in [0.2, 0.25) is 0 Å². The number of hydrogen-bond donors (Lipinski definition) is 1. The quantitative estimate of drug-likeness (QED) is 0.833. The molecule has 1 heterocycles. The minimum Gasteiger partial charge on any atom is -0.478 e. The highest BCUT2D eigenvalue weighted by atomic mass is 127. The minimum atomic E-state index is -1.05. The SMILES string of the molecule is O=C(O)c1ccc(Oc2ncc(I)cn2)c(Cl)c1. The van der Waals surface area contributed by atoms with Crippen molar-refractivity contribution in [2.24, 2.45) is 0 Å². The summed E-state index contributed by atoms with van der Waals surface area (Å²) in [6.45, 7) is 0. The number of carboxylic acids is 1. The maximum Gasteiger partial charge on any atom is 0.335 e. The van der Waals surface area contributed by atoms with Crippen LogP contribution in [0.15, 0.2) is 30.6 Å². The molecule has 0 fully saturated rings. The Morgan fingerprint density at radius 2 is 2.00 bits per heavy atom. The second-order valence-corrected chi connectivity index (χ2v) is 4.89. The topological polar surface area (TPSA) is 72.3 Å². The summed E-state index contributed by atoms with van der Waals surface area (Å²) >= 11 is 7.98. The molecule has 5 nitrogen and oxygen atoms in total. The molecule has 0 aliphatic heterocycles. The Kier molecular flexibility index (Phi) is 3.97. The number of carboxylic acid groups (broad SMARTS) is 1. The van der Waals surface area contributed by atoms with Crippen LogP contribution in [0, 0.1) is 3.57 Å². The number of carbonyl (C=O) groups is 1. The predicted molar refractivity (Wildman–Crippen MR) is 73.2 cm³/mol. The van der Waals surface area contributed by atoms with Gasteiger partial charge in [-0.25, -0.2) is 14.8 Å². The van der Waals surface area contributed by atoms with E-state index < -0.39 is 5.97 Å².